The zero-order chi connectivity index (χ0) is 14.6. The molecule has 0 aliphatic carbocycles. The predicted molar refractivity (Wildman–Crippen MR) is 81.1 cm³/mol. The van der Waals surface area contributed by atoms with Gasteiger partial charge in [-0.1, -0.05) is 25.1 Å². The molecule has 5 heteroatoms. The van der Waals surface area contributed by atoms with E-state index in [2.05, 4.69) is 18.3 Å². The molecular weight excluding hydrogens is 274 g/mol. The zero-order valence-corrected chi connectivity index (χ0v) is 12.9. The molecule has 0 amide bonds. The molecule has 4 nitrogen and oxygen atoms in total. The van der Waals surface area contributed by atoms with Gasteiger partial charge in [0.2, 0.25) is 0 Å². The number of hydrogen-bond donors (Lipinski definition) is 1. The van der Waals surface area contributed by atoms with Crippen LogP contribution in [0.5, 0.6) is 5.75 Å². The van der Waals surface area contributed by atoms with Crippen LogP contribution in [0.15, 0.2) is 24.3 Å². The Morgan fingerprint density at radius 1 is 1.40 bits per heavy atom. The molecule has 1 heterocycles. The molecule has 0 bridgehead atoms. The van der Waals surface area contributed by atoms with Crippen LogP contribution in [0.3, 0.4) is 0 Å². The fourth-order valence-corrected chi connectivity index (χ4v) is 3.52. The van der Waals surface area contributed by atoms with Crippen LogP contribution in [-0.4, -0.2) is 39.6 Å². The van der Waals surface area contributed by atoms with E-state index in [1.54, 1.807) is 0 Å². The van der Waals surface area contributed by atoms with Gasteiger partial charge in [0.15, 0.2) is 0 Å². The molecule has 0 aromatic heterocycles. The summed E-state index contributed by atoms with van der Waals surface area (Å²) in [7, 11) is -2.92. The lowest BCUT2D eigenvalue weighted by atomic mass is 9.85. The van der Waals surface area contributed by atoms with E-state index in [0.717, 1.165) is 18.7 Å². The highest BCUT2D eigenvalue weighted by atomic mass is 32.2. The first-order chi connectivity index (χ1) is 9.51. The number of nitrogens with one attached hydrogen (secondary N) is 1. The van der Waals surface area contributed by atoms with Crippen LogP contribution in [0.4, 0.5) is 0 Å². The van der Waals surface area contributed by atoms with E-state index in [0.29, 0.717) is 18.9 Å². The summed E-state index contributed by atoms with van der Waals surface area (Å²) >= 11 is 0. The molecule has 1 aliphatic heterocycles. The molecule has 0 saturated carbocycles. The number of sulfone groups is 1. The topological polar surface area (TPSA) is 55.4 Å². The van der Waals surface area contributed by atoms with Crippen molar-refractivity contribution in [1.82, 2.24) is 5.32 Å². The van der Waals surface area contributed by atoms with E-state index >= 15 is 0 Å². The van der Waals surface area contributed by atoms with Crippen LogP contribution < -0.4 is 10.1 Å². The quantitative estimate of drug-likeness (QED) is 0.872. The summed E-state index contributed by atoms with van der Waals surface area (Å²) in [4.78, 5) is 0. The minimum absolute atomic E-state index is 0.180. The fourth-order valence-electron chi connectivity index (χ4n) is 2.84. The second kappa shape index (κ2) is 6.59. The Hall–Kier alpha value is -1.07. The minimum atomic E-state index is -2.92. The summed E-state index contributed by atoms with van der Waals surface area (Å²) in [6, 6.07) is 8.24. The molecule has 1 N–H and O–H groups in total. The van der Waals surface area contributed by atoms with Crippen LogP contribution >= 0.6 is 0 Å². The monoisotopic (exact) mass is 297 g/mol. The molecule has 0 saturated heterocycles. The van der Waals surface area contributed by atoms with E-state index in [4.69, 9.17) is 4.74 Å². The number of ether oxygens (including phenoxy) is 1. The Balaban J connectivity index is 2.17. The molecule has 2 unspecified atom stereocenters. The number of fused-ring (bicyclic) bond motifs is 1. The lowest BCUT2D eigenvalue weighted by Crippen LogP contribution is -2.38. The first-order valence-corrected chi connectivity index (χ1v) is 9.20. The third-order valence-corrected chi connectivity index (χ3v) is 4.73. The van der Waals surface area contributed by atoms with Gasteiger partial charge in [0.05, 0.1) is 12.4 Å². The van der Waals surface area contributed by atoms with E-state index in [1.807, 2.05) is 18.2 Å². The molecule has 0 radical (unpaired) electrons. The fraction of sp³-hybridized carbons (Fsp3) is 0.600. The van der Waals surface area contributed by atoms with Gasteiger partial charge in [-0.15, -0.1) is 0 Å². The van der Waals surface area contributed by atoms with E-state index < -0.39 is 9.84 Å². The van der Waals surface area contributed by atoms with Gasteiger partial charge in [-0.2, -0.15) is 0 Å². The average Bonchev–Trinajstić information content (AvgIpc) is 2.42. The molecule has 1 aliphatic rings. The van der Waals surface area contributed by atoms with Gasteiger partial charge in [-0.25, -0.2) is 8.42 Å². The van der Waals surface area contributed by atoms with Gasteiger partial charge in [-0.05, 0) is 31.0 Å². The van der Waals surface area contributed by atoms with Crippen molar-refractivity contribution < 1.29 is 13.2 Å². The molecule has 20 heavy (non-hydrogen) atoms. The molecule has 1 aromatic rings. The first kappa shape index (κ1) is 15.3. The lowest BCUT2D eigenvalue weighted by molar-refractivity contribution is 0.244. The Kier molecular flexibility index (Phi) is 5.05. The standard InChI is InChI=1S/C15H23NO3S/c1-3-16-14(9-11-20(2,17)18)12-8-10-19-15-7-5-4-6-13(12)15/h4-7,12,14,16H,3,8-11H2,1-2H3. The predicted octanol–water partition coefficient (Wildman–Crippen LogP) is 1.97. The Bertz CT molecular complexity index is 542. The number of para-hydroxylation sites is 1. The van der Waals surface area contributed by atoms with Crippen LogP contribution in [0, 0.1) is 0 Å². The number of likely N-dealkylation sites (N-methyl/N-ethyl adjacent to an activating group) is 1. The maximum atomic E-state index is 11.4. The highest BCUT2D eigenvalue weighted by Gasteiger charge is 2.28. The molecule has 2 atom stereocenters. The van der Waals surface area contributed by atoms with Crippen LogP contribution in [0.1, 0.15) is 31.2 Å². The normalized spacial score (nSPS) is 20.0. The molecule has 112 valence electrons. The maximum absolute atomic E-state index is 11.4. The van der Waals surface area contributed by atoms with Gasteiger partial charge < -0.3 is 10.1 Å². The second-order valence-corrected chi connectivity index (χ2v) is 7.62. The SMILES string of the molecule is CCNC(CCS(C)(=O)=O)C1CCOc2ccccc21. The number of benzene rings is 1. The summed E-state index contributed by atoms with van der Waals surface area (Å²) < 4.78 is 28.5. The van der Waals surface area contributed by atoms with Crippen molar-refractivity contribution in [3.8, 4) is 5.75 Å². The lowest BCUT2D eigenvalue weighted by Gasteiger charge is -2.32. The average molecular weight is 297 g/mol. The van der Waals surface area contributed by atoms with Crippen molar-refractivity contribution >= 4 is 9.84 Å². The zero-order valence-electron chi connectivity index (χ0n) is 12.1. The third-order valence-electron chi connectivity index (χ3n) is 3.76. The van der Waals surface area contributed by atoms with Crippen molar-refractivity contribution in [1.29, 1.82) is 0 Å². The van der Waals surface area contributed by atoms with Gasteiger partial charge in [0, 0.05) is 18.2 Å². The maximum Gasteiger partial charge on any atom is 0.147 e. The summed E-state index contributed by atoms with van der Waals surface area (Å²) in [5, 5.41) is 3.45. The van der Waals surface area contributed by atoms with Crippen LogP contribution in [-0.2, 0) is 9.84 Å². The highest BCUT2D eigenvalue weighted by molar-refractivity contribution is 7.90. The van der Waals surface area contributed by atoms with Gasteiger partial charge >= 0.3 is 0 Å². The van der Waals surface area contributed by atoms with E-state index in [-0.39, 0.29) is 11.8 Å². The number of rotatable bonds is 6. The smallest absolute Gasteiger partial charge is 0.147 e. The van der Waals surface area contributed by atoms with E-state index in [1.165, 1.54) is 11.8 Å². The summed E-state index contributed by atoms with van der Waals surface area (Å²) in [6.45, 7) is 3.59. The summed E-state index contributed by atoms with van der Waals surface area (Å²) in [6.07, 6.45) is 2.87. The van der Waals surface area contributed by atoms with Crippen molar-refractivity contribution in [3.05, 3.63) is 29.8 Å². The minimum Gasteiger partial charge on any atom is -0.493 e. The van der Waals surface area contributed by atoms with Crippen molar-refractivity contribution in [2.24, 2.45) is 0 Å². The van der Waals surface area contributed by atoms with Crippen molar-refractivity contribution in [2.45, 2.75) is 31.7 Å². The molecule has 1 aromatic carbocycles. The van der Waals surface area contributed by atoms with Crippen LogP contribution in [0.2, 0.25) is 0 Å². The van der Waals surface area contributed by atoms with Crippen molar-refractivity contribution in [3.63, 3.8) is 0 Å². The molecule has 0 spiro atoms. The summed E-state index contributed by atoms with van der Waals surface area (Å²) in [5.41, 5.74) is 1.19. The molecule has 0 fully saturated rings. The third kappa shape index (κ3) is 3.96. The number of hydrogen-bond acceptors (Lipinski definition) is 4. The van der Waals surface area contributed by atoms with Crippen molar-refractivity contribution in [2.75, 3.05) is 25.2 Å². The Morgan fingerprint density at radius 3 is 2.85 bits per heavy atom. The van der Waals surface area contributed by atoms with Gasteiger partial charge in [0.25, 0.3) is 0 Å². The Labute approximate surface area is 121 Å². The molecular formula is C15H23NO3S. The van der Waals surface area contributed by atoms with Crippen LogP contribution in [0.25, 0.3) is 0 Å². The second-order valence-electron chi connectivity index (χ2n) is 5.36. The van der Waals surface area contributed by atoms with Gasteiger partial charge in [0.1, 0.15) is 15.6 Å². The highest BCUT2D eigenvalue weighted by Crippen LogP contribution is 2.36. The Morgan fingerprint density at radius 2 is 2.15 bits per heavy atom. The summed E-state index contributed by atoms with van der Waals surface area (Å²) in [5.74, 6) is 1.48. The largest absolute Gasteiger partial charge is 0.493 e. The van der Waals surface area contributed by atoms with E-state index in [9.17, 15) is 8.42 Å². The molecule has 2 rings (SSSR count). The first-order valence-electron chi connectivity index (χ1n) is 7.14. The van der Waals surface area contributed by atoms with Gasteiger partial charge in [-0.3, -0.25) is 0 Å².